The van der Waals surface area contributed by atoms with Crippen LogP contribution < -0.4 is 0 Å². The smallest absolute Gasteiger partial charge is 0.214 e. The van der Waals surface area contributed by atoms with Crippen molar-refractivity contribution < 1.29 is 13.2 Å². The predicted molar refractivity (Wildman–Crippen MR) is 67.1 cm³/mol. The first-order chi connectivity index (χ1) is 7.58. The van der Waals surface area contributed by atoms with E-state index in [0.717, 1.165) is 25.7 Å². The van der Waals surface area contributed by atoms with Crippen LogP contribution in [0.4, 0.5) is 0 Å². The molecular formula is C11H25NO3S. The molecule has 0 unspecified atom stereocenters. The number of rotatable bonds is 10. The van der Waals surface area contributed by atoms with Gasteiger partial charge < -0.3 is 4.74 Å². The van der Waals surface area contributed by atoms with Crippen LogP contribution in [-0.2, 0) is 14.8 Å². The van der Waals surface area contributed by atoms with Gasteiger partial charge in [-0.2, -0.15) is 4.31 Å². The Labute approximate surface area is 100 Å². The first kappa shape index (κ1) is 15.9. The van der Waals surface area contributed by atoms with Crippen LogP contribution in [0.3, 0.4) is 0 Å². The lowest BCUT2D eigenvalue weighted by Gasteiger charge is -2.21. The average molecular weight is 251 g/mol. The third-order valence-electron chi connectivity index (χ3n) is 2.46. The van der Waals surface area contributed by atoms with E-state index in [9.17, 15) is 8.42 Å². The second-order valence-corrected chi connectivity index (χ2v) is 6.00. The van der Waals surface area contributed by atoms with Crippen LogP contribution >= 0.6 is 0 Å². The molecule has 0 saturated carbocycles. The lowest BCUT2D eigenvalue weighted by atomic mass is 10.3. The number of sulfonamides is 1. The molecule has 5 heteroatoms. The second kappa shape index (κ2) is 8.96. The molecule has 0 N–H and O–H groups in total. The van der Waals surface area contributed by atoms with Gasteiger partial charge in [-0.3, -0.25) is 0 Å². The summed E-state index contributed by atoms with van der Waals surface area (Å²) in [6.45, 7) is 5.62. The highest BCUT2D eigenvalue weighted by atomic mass is 32.2. The Morgan fingerprint density at radius 1 is 1.06 bits per heavy atom. The molecule has 0 saturated heterocycles. The molecule has 0 aromatic carbocycles. The van der Waals surface area contributed by atoms with E-state index in [1.807, 2.05) is 6.92 Å². The molecule has 98 valence electrons. The van der Waals surface area contributed by atoms with E-state index in [1.54, 1.807) is 11.4 Å². The topological polar surface area (TPSA) is 46.6 Å². The van der Waals surface area contributed by atoms with Crippen molar-refractivity contribution in [1.82, 2.24) is 4.31 Å². The summed E-state index contributed by atoms with van der Waals surface area (Å²) in [6.07, 6.45) is 3.56. The highest BCUT2D eigenvalue weighted by Gasteiger charge is 2.20. The number of methoxy groups -OCH3 is 1. The highest BCUT2D eigenvalue weighted by molar-refractivity contribution is 7.89. The minimum Gasteiger partial charge on any atom is -0.383 e. The van der Waals surface area contributed by atoms with Gasteiger partial charge >= 0.3 is 0 Å². The van der Waals surface area contributed by atoms with Crippen LogP contribution in [0.25, 0.3) is 0 Å². The normalized spacial score (nSPS) is 12.2. The van der Waals surface area contributed by atoms with Gasteiger partial charge in [0.1, 0.15) is 0 Å². The molecule has 0 rings (SSSR count). The van der Waals surface area contributed by atoms with Gasteiger partial charge in [0.25, 0.3) is 0 Å². The third kappa shape index (κ3) is 6.45. The molecule has 0 aromatic rings. The summed E-state index contributed by atoms with van der Waals surface area (Å²) in [5.41, 5.74) is 0. The summed E-state index contributed by atoms with van der Waals surface area (Å²) in [6, 6.07) is 0. The molecular weight excluding hydrogens is 226 g/mol. The Balaban J connectivity index is 4.33. The molecule has 0 atom stereocenters. The van der Waals surface area contributed by atoms with Crippen molar-refractivity contribution in [2.45, 2.75) is 39.5 Å². The lowest BCUT2D eigenvalue weighted by Crippen LogP contribution is -2.36. The quantitative estimate of drug-likeness (QED) is 0.595. The third-order valence-corrected chi connectivity index (χ3v) is 4.41. The van der Waals surface area contributed by atoms with E-state index < -0.39 is 10.0 Å². The van der Waals surface area contributed by atoms with Crippen molar-refractivity contribution in [3.63, 3.8) is 0 Å². The van der Waals surface area contributed by atoms with E-state index in [1.165, 1.54) is 0 Å². The SMILES string of the molecule is CCCCN(CCOC)S(=O)(=O)CCCC. The molecule has 0 amide bonds. The first-order valence-corrected chi connectivity index (χ1v) is 7.66. The van der Waals surface area contributed by atoms with Gasteiger partial charge in [-0.05, 0) is 12.8 Å². The highest BCUT2D eigenvalue weighted by Crippen LogP contribution is 2.07. The van der Waals surface area contributed by atoms with Crippen molar-refractivity contribution in [3.05, 3.63) is 0 Å². The monoisotopic (exact) mass is 251 g/mol. The van der Waals surface area contributed by atoms with Crippen molar-refractivity contribution in [1.29, 1.82) is 0 Å². The van der Waals surface area contributed by atoms with E-state index in [2.05, 4.69) is 6.92 Å². The van der Waals surface area contributed by atoms with E-state index in [-0.39, 0.29) is 5.75 Å². The molecule has 0 bridgehead atoms. The summed E-state index contributed by atoms with van der Waals surface area (Å²) in [4.78, 5) is 0. The molecule has 16 heavy (non-hydrogen) atoms. The average Bonchev–Trinajstić information content (AvgIpc) is 2.26. The largest absolute Gasteiger partial charge is 0.383 e. The molecule has 0 spiro atoms. The summed E-state index contributed by atoms with van der Waals surface area (Å²) in [5.74, 6) is 0.261. The maximum atomic E-state index is 12.0. The zero-order valence-electron chi connectivity index (χ0n) is 10.7. The minimum absolute atomic E-state index is 0.261. The number of hydrogen-bond donors (Lipinski definition) is 0. The van der Waals surface area contributed by atoms with Gasteiger partial charge in [0.2, 0.25) is 10.0 Å². The molecule has 0 aromatic heterocycles. The fraction of sp³-hybridized carbons (Fsp3) is 1.00. The Hall–Kier alpha value is -0.130. The number of nitrogens with zero attached hydrogens (tertiary/aromatic N) is 1. The summed E-state index contributed by atoms with van der Waals surface area (Å²) < 4.78 is 30.5. The zero-order valence-corrected chi connectivity index (χ0v) is 11.6. The first-order valence-electron chi connectivity index (χ1n) is 6.05. The Morgan fingerprint density at radius 2 is 1.69 bits per heavy atom. The number of hydrogen-bond acceptors (Lipinski definition) is 3. The Bertz CT molecular complexity index is 244. The summed E-state index contributed by atoms with van der Waals surface area (Å²) >= 11 is 0. The fourth-order valence-electron chi connectivity index (χ4n) is 1.37. The molecule has 0 heterocycles. The second-order valence-electron chi connectivity index (χ2n) is 3.91. The van der Waals surface area contributed by atoms with Crippen LogP contribution in [0.15, 0.2) is 0 Å². The van der Waals surface area contributed by atoms with Crippen LogP contribution in [0.5, 0.6) is 0 Å². The summed E-state index contributed by atoms with van der Waals surface area (Å²) in [5, 5.41) is 0. The van der Waals surface area contributed by atoms with Crippen molar-refractivity contribution in [3.8, 4) is 0 Å². The van der Waals surface area contributed by atoms with E-state index in [0.29, 0.717) is 19.7 Å². The van der Waals surface area contributed by atoms with E-state index in [4.69, 9.17) is 4.74 Å². The van der Waals surface area contributed by atoms with Gasteiger partial charge in [0.15, 0.2) is 0 Å². The molecule has 0 aliphatic heterocycles. The minimum atomic E-state index is -3.08. The molecule has 0 aliphatic rings. The van der Waals surface area contributed by atoms with Crippen LogP contribution in [0.1, 0.15) is 39.5 Å². The van der Waals surface area contributed by atoms with Gasteiger partial charge in [-0.25, -0.2) is 8.42 Å². The van der Waals surface area contributed by atoms with Crippen molar-refractivity contribution >= 4 is 10.0 Å². The molecule has 4 nitrogen and oxygen atoms in total. The lowest BCUT2D eigenvalue weighted by molar-refractivity contribution is 0.178. The zero-order chi connectivity index (χ0) is 12.4. The fourth-order valence-corrected chi connectivity index (χ4v) is 3.05. The van der Waals surface area contributed by atoms with Gasteiger partial charge in [0.05, 0.1) is 12.4 Å². The van der Waals surface area contributed by atoms with Crippen LogP contribution in [0, 0.1) is 0 Å². The van der Waals surface area contributed by atoms with Crippen LogP contribution in [-0.4, -0.2) is 45.3 Å². The molecule has 0 radical (unpaired) electrons. The van der Waals surface area contributed by atoms with Crippen molar-refractivity contribution in [2.75, 3.05) is 32.6 Å². The van der Waals surface area contributed by atoms with E-state index >= 15 is 0 Å². The predicted octanol–water partition coefficient (Wildman–Crippen LogP) is 1.86. The van der Waals surface area contributed by atoms with Gasteiger partial charge in [0, 0.05) is 20.2 Å². The number of ether oxygens (including phenoxy) is 1. The van der Waals surface area contributed by atoms with Gasteiger partial charge in [-0.15, -0.1) is 0 Å². The maximum Gasteiger partial charge on any atom is 0.214 e. The molecule has 0 fully saturated rings. The van der Waals surface area contributed by atoms with Crippen molar-refractivity contribution in [2.24, 2.45) is 0 Å². The maximum absolute atomic E-state index is 12.0. The molecule has 0 aliphatic carbocycles. The number of unbranched alkanes of at least 4 members (excludes halogenated alkanes) is 2. The standard InChI is InChI=1S/C11H25NO3S/c1-4-6-8-12(9-10-15-3)16(13,14)11-7-5-2/h4-11H2,1-3H3. The van der Waals surface area contributed by atoms with Crippen LogP contribution in [0.2, 0.25) is 0 Å². The summed E-state index contributed by atoms with van der Waals surface area (Å²) in [7, 11) is -1.48. The van der Waals surface area contributed by atoms with Gasteiger partial charge in [-0.1, -0.05) is 26.7 Å². The Kier molecular flexibility index (Phi) is 8.89. The Morgan fingerprint density at radius 3 is 2.19 bits per heavy atom.